The summed E-state index contributed by atoms with van der Waals surface area (Å²) in [5.41, 5.74) is 1.23. The van der Waals surface area contributed by atoms with E-state index in [4.69, 9.17) is 0 Å². The largest absolute Gasteiger partial charge is 0.273 e. The first-order valence-corrected chi connectivity index (χ1v) is 3.63. The lowest BCUT2D eigenvalue weighted by molar-refractivity contribution is -0.166. The van der Waals surface area contributed by atoms with Crippen LogP contribution in [0.15, 0.2) is 30.3 Å². The number of benzene rings is 1. The minimum Gasteiger partial charge on any atom is -0.270 e. The van der Waals surface area contributed by atoms with E-state index in [1.54, 1.807) is 30.3 Å². The van der Waals surface area contributed by atoms with Gasteiger partial charge in [-0.25, -0.2) is 0 Å². The Morgan fingerprint density at radius 3 is 2.54 bits per heavy atom. The van der Waals surface area contributed by atoms with Gasteiger partial charge in [0.25, 0.3) is 5.91 Å². The van der Waals surface area contributed by atoms with Crippen LogP contribution in [0.3, 0.4) is 0 Å². The molecule has 1 amide bonds. The summed E-state index contributed by atoms with van der Waals surface area (Å²) in [4.78, 5) is 10.8. The second kappa shape index (κ2) is 4.51. The SMILES string of the molecule is O=C(Cc1ccccc1)N(F)NF. The Labute approximate surface area is 73.8 Å². The maximum absolute atomic E-state index is 12.2. The van der Waals surface area contributed by atoms with Crippen LogP contribution in [0, 0.1) is 0 Å². The molecular weight excluding hydrogens is 178 g/mol. The van der Waals surface area contributed by atoms with Crippen LogP contribution in [0.4, 0.5) is 8.96 Å². The van der Waals surface area contributed by atoms with Gasteiger partial charge in [-0.3, -0.25) is 4.79 Å². The molecule has 5 heteroatoms. The molecule has 0 atom stereocenters. The minimum absolute atomic E-state index is 0.172. The van der Waals surface area contributed by atoms with Gasteiger partial charge in [-0.2, -0.15) is 0 Å². The lowest BCUT2D eigenvalue weighted by atomic mass is 10.1. The molecule has 0 spiro atoms. The van der Waals surface area contributed by atoms with E-state index in [-0.39, 0.29) is 6.42 Å². The van der Waals surface area contributed by atoms with Crippen molar-refractivity contribution in [3.05, 3.63) is 35.9 Å². The molecule has 0 aromatic heterocycles. The van der Waals surface area contributed by atoms with Crippen molar-refractivity contribution in [1.82, 2.24) is 10.9 Å². The van der Waals surface area contributed by atoms with Crippen molar-refractivity contribution in [3.63, 3.8) is 0 Å². The number of nitrogens with zero attached hydrogens (tertiary/aromatic N) is 1. The number of hydrogen-bond acceptors (Lipinski definition) is 2. The Morgan fingerprint density at radius 2 is 2.00 bits per heavy atom. The first kappa shape index (κ1) is 9.60. The van der Waals surface area contributed by atoms with E-state index in [1.807, 2.05) is 0 Å². The number of halogens is 2. The Balaban J connectivity index is 2.55. The normalized spacial score (nSPS) is 9.69. The van der Waals surface area contributed by atoms with Gasteiger partial charge >= 0.3 is 0 Å². The van der Waals surface area contributed by atoms with Gasteiger partial charge in [-0.15, -0.1) is 4.48 Å². The van der Waals surface area contributed by atoms with Crippen LogP contribution in [0.5, 0.6) is 0 Å². The molecule has 0 aliphatic heterocycles. The lowest BCUT2D eigenvalue weighted by Gasteiger charge is -2.06. The highest BCUT2D eigenvalue weighted by atomic mass is 19.2. The summed E-state index contributed by atoms with van der Waals surface area (Å²) < 4.78 is 23.6. The van der Waals surface area contributed by atoms with Crippen LogP contribution in [0.25, 0.3) is 0 Å². The average Bonchev–Trinajstić information content (AvgIpc) is 2.18. The van der Waals surface area contributed by atoms with Gasteiger partial charge in [0.2, 0.25) is 0 Å². The molecule has 0 aliphatic carbocycles. The molecule has 0 fully saturated rings. The van der Waals surface area contributed by atoms with Crippen molar-refractivity contribution < 1.29 is 13.8 Å². The molecular formula is C8H8F2N2O. The number of carbonyl (C=O) groups excluding carboxylic acids is 1. The van der Waals surface area contributed by atoms with Gasteiger partial charge in [-0.1, -0.05) is 40.0 Å². The molecule has 1 N–H and O–H groups in total. The predicted molar refractivity (Wildman–Crippen MR) is 42.3 cm³/mol. The molecule has 0 radical (unpaired) electrons. The standard InChI is InChI=1S/C8H8F2N2O/c9-11-12(10)8(13)6-7-4-2-1-3-5-7/h1-5,11H,6H2. The Bertz CT molecular complexity index is 279. The molecule has 0 bridgehead atoms. The van der Waals surface area contributed by atoms with Crippen molar-refractivity contribution >= 4 is 5.91 Å². The maximum Gasteiger partial charge on any atom is 0.273 e. The van der Waals surface area contributed by atoms with Crippen molar-refractivity contribution in [2.24, 2.45) is 0 Å². The van der Waals surface area contributed by atoms with Gasteiger partial charge in [-0.05, 0) is 11.2 Å². The van der Waals surface area contributed by atoms with Gasteiger partial charge < -0.3 is 0 Å². The molecule has 3 nitrogen and oxygen atoms in total. The molecule has 1 aromatic carbocycles. The monoisotopic (exact) mass is 186 g/mol. The van der Waals surface area contributed by atoms with Crippen LogP contribution < -0.4 is 5.65 Å². The Morgan fingerprint density at radius 1 is 1.38 bits per heavy atom. The minimum atomic E-state index is -0.978. The molecule has 13 heavy (non-hydrogen) atoms. The zero-order chi connectivity index (χ0) is 9.68. The number of carbonyl (C=O) groups is 1. The van der Waals surface area contributed by atoms with Crippen LogP contribution in [0.1, 0.15) is 5.56 Å². The van der Waals surface area contributed by atoms with E-state index >= 15 is 0 Å². The first-order chi connectivity index (χ1) is 6.24. The average molecular weight is 186 g/mol. The van der Waals surface area contributed by atoms with Crippen molar-refractivity contribution in [2.75, 3.05) is 0 Å². The number of rotatable bonds is 3. The third-order valence-corrected chi connectivity index (χ3v) is 1.49. The zero-order valence-corrected chi connectivity index (χ0v) is 6.71. The maximum atomic E-state index is 12.2. The summed E-state index contributed by atoms with van der Waals surface area (Å²) in [5, 5.41) is -0.688. The number of nitrogens with one attached hydrogen (secondary N) is 1. The van der Waals surface area contributed by atoms with E-state index in [0.717, 1.165) is 0 Å². The van der Waals surface area contributed by atoms with E-state index < -0.39 is 11.1 Å². The topological polar surface area (TPSA) is 32.3 Å². The molecule has 1 rings (SSSR count). The summed E-state index contributed by atoms with van der Waals surface area (Å²) in [6, 6.07) is 8.52. The molecule has 0 heterocycles. The lowest BCUT2D eigenvalue weighted by Crippen LogP contribution is -2.31. The number of hydrazine groups is 1. The second-order valence-electron chi connectivity index (χ2n) is 2.42. The van der Waals surface area contributed by atoms with Crippen LogP contribution in [-0.2, 0) is 11.2 Å². The highest BCUT2D eigenvalue weighted by Crippen LogP contribution is 2.01. The van der Waals surface area contributed by atoms with Crippen molar-refractivity contribution in [2.45, 2.75) is 6.42 Å². The second-order valence-corrected chi connectivity index (χ2v) is 2.42. The van der Waals surface area contributed by atoms with Crippen molar-refractivity contribution in [3.8, 4) is 0 Å². The Kier molecular flexibility index (Phi) is 3.33. The summed E-state index contributed by atoms with van der Waals surface area (Å²) in [7, 11) is 0. The van der Waals surface area contributed by atoms with Gasteiger partial charge in [0.05, 0.1) is 6.42 Å². The molecule has 0 saturated carbocycles. The smallest absolute Gasteiger partial charge is 0.270 e. The molecule has 1 aromatic rings. The quantitative estimate of drug-likeness (QED) is 0.570. The van der Waals surface area contributed by atoms with Crippen LogP contribution >= 0.6 is 0 Å². The van der Waals surface area contributed by atoms with Gasteiger partial charge in [0, 0.05) is 0 Å². The Hall–Kier alpha value is -1.49. The zero-order valence-electron chi connectivity index (χ0n) is 6.71. The van der Waals surface area contributed by atoms with Crippen LogP contribution in [-0.4, -0.2) is 11.1 Å². The third kappa shape index (κ3) is 2.79. The van der Waals surface area contributed by atoms with Gasteiger partial charge in [0.15, 0.2) is 0 Å². The summed E-state index contributed by atoms with van der Waals surface area (Å²) >= 11 is 0. The highest BCUT2D eigenvalue weighted by molar-refractivity contribution is 5.77. The number of amides is 1. The molecule has 0 unspecified atom stereocenters. The van der Waals surface area contributed by atoms with E-state index in [0.29, 0.717) is 11.2 Å². The third-order valence-electron chi connectivity index (χ3n) is 1.49. The fourth-order valence-corrected chi connectivity index (χ4v) is 0.887. The van der Waals surface area contributed by atoms with E-state index in [1.165, 1.54) is 0 Å². The summed E-state index contributed by atoms with van der Waals surface area (Å²) in [6.07, 6.45) is -0.172. The van der Waals surface area contributed by atoms with Crippen LogP contribution in [0.2, 0.25) is 0 Å². The molecule has 70 valence electrons. The summed E-state index contributed by atoms with van der Waals surface area (Å²) in [6.45, 7) is 0. The predicted octanol–water partition coefficient (Wildman–Crippen LogP) is 1.33. The fraction of sp³-hybridized carbons (Fsp3) is 0.125. The highest BCUT2D eigenvalue weighted by Gasteiger charge is 2.12. The molecule has 0 aliphatic rings. The van der Waals surface area contributed by atoms with E-state index in [9.17, 15) is 13.8 Å². The number of hydrogen-bond donors (Lipinski definition) is 1. The summed E-state index contributed by atoms with van der Waals surface area (Å²) in [5.74, 6) is -0.978. The fourth-order valence-electron chi connectivity index (χ4n) is 0.887. The molecule has 0 saturated heterocycles. The van der Waals surface area contributed by atoms with Gasteiger partial charge in [0.1, 0.15) is 0 Å². The van der Waals surface area contributed by atoms with Crippen molar-refractivity contribution in [1.29, 1.82) is 0 Å². The van der Waals surface area contributed by atoms with E-state index in [2.05, 4.69) is 0 Å². The first-order valence-electron chi connectivity index (χ1n) is 3.63.